The van der Waals surface area contributed by atoms with E-state index >= 15 is 0 Å². The lowest BCUT2D eigenvalue weighted by molar-refractivity contribution is -0.235. The van der Waals surface area contributed by atoms with Gasteiger partial charge in [-0.25, -0.2) is 0 Å². The molecule has 0 aromatic carbocycles. The summed E-state index contributed by atoms with van der Waals surface area (Å²) in [6, 6.07) is 0. The molecule has 0 aromatic heterocycles. The van der Waals surface area contributed by atoms with Gasteiger partial charge in [0.15, 0.2) is 0 Å². The summed E-state index contributed by atoms with van der Waals surface area (Å²) in [7, 11) is 0. The second-order valence-corrected chi connectivity index (χ2v) is 5.58. The van der Waals surface area contributed by atoms with Gasteiger partial charge in [0.2, 0.25) is 5.79 Å². The van der Waals surface area contributed by atoms with Crippen LogP contribution in [0.5, 0.6) is 0 Å². The SMILES string of the molecule is CC1(C)NOC2(O)C1CCC1(C)OC12. The summed E-state index contributed by atoms with van der Waals surface area (Å²) in [6.45, 7) is 6.15. The topological polar surface area (TPSA) is 54.0 Å². The van der Waals surface area contributed by atoms with Gasteiger partial charge < -0.3 is 9.84 Å². The summed E-state index contributed by atoms with van der Waals surface area (Å²) < 4.78 is 5.56. The van der Waals surface area contributed by atoms with Crippen molar-refractivity contribution >= 4 is 0 Å². The molecule has 0 amide bonds. The third kappa shape index (κ3) is 0.877. The summed E-state index contributed by atoms with van der Waals surface area (Å²) >= 11 is 0. The average molecular weight is 199 g/mol. The number of nitrogens with one attached hydrogen (secondary N) is 1. The maximum atomic E-state index is 10.4. The van der Waals surface area contributed by atoms with Crippen molar-refractivity contribution in [1.82, 2.24) is 5.48 Å². The van der Waals surface area contributed by atoms with E-state index in [4.69, 9.17) is 9.57 Å². The van der Waals surface area contributed by atoms with Gasteiger partial charge >= 0.3 is 0 Å². The van der Waals surface area contributed by atoms with Crippen LogP contribution in [0.2, 0.25) is 0 Å². The van der Waals surface area contributed by atoms with E-state index in [0.29, 0.717) is 0 Å². The number of hydrogen-bond donors (Lipinski definition) is 2. The number of hydroxylamine groups is 1. The van der Waals surface area contributed by atoms with Crippen molar-refractivity contribution in [2.75, 3.05) is 0 Å². The van der Waals surface area contributed by atoms with Crippen LogP contribution in [-0.4, -0.2) is 28.1 Å². The first-order valence-electron chi connectivity index (χ1n) is 5.24. The van der Waals surface area contributed by atoms with Gasteiger partial charge in [0.05, 0.1) is 5.60 Å². The van der Waals surface area contributed by atoms with E-state index in [1.54, 1.807) is 0 Å². The number of fused-ring (bicyclic) bond motifs is 3. The van der Waals surface area contributed by atoms with Gasteiger partial charge in [0, 0.05) is 11.5 Å². The molecule has 3 rings (SSSR count). The molecular formula is C10H17NO3. The molecule has 1 saturated carbocycles. The summed E-state index contributed by atoms with van der Waals surface area (Å²) in [4.78, 5) is 5.36. The Morgan fingerprint density at radius 1 is 1.36 bits per heavy atom. The highest BCUT2D eigenvalue weighted by molar-refractivity contribution is 5.17. The quantitative estimate of drug-likeness (QED) is 0.560. The van der Waals surface area contributed by atoms with E-state index in [1.807, 2.05) is 6.92 Å². The van der Waals surface area contributed by atoms with Gasteiger partial charge in [-0.2, -0.15) is 5.48 Å². The lowest BCUT2D eigenvalue weighted by atomic mass is 9.71. The molecule has 0 bridgehead atoms. The van der Waals surface area contributed by atoms with Gasteiger partial charge in [-0.3, -0.25) is 4.84 Å². The number of epoxide rings is 1. The predicted molar refractivity (Wildman–Crippen MR) is 49.3 cm³/mol. The molecule has 4 nitrogen and oxygen atoms in total. The molecule has 0 aromatic rings. The molecule has 2 N–H and O–H groups in total. The zero-order valence-electron chi connectivity index (χ0n) is 8.83. The van der Waals surface area contributed by atoms with Crippen LogP contribution in [0.3, 0.4) is 0 Å². The Kier molecular flexibility index (Phi) is 1.41. The first-order valence-corrected chi connectivity index (χ1v) is 5.24. The minimum Gasteiger partial charge on any atom is -0.362 e. The Balaban J connectivity index is 1.96. The molecule has 2 heterocycles. The van der Waals surface area contributed by atoms with Crippen LogP contribution in [-0.2, 0) is 9.57 Å². The van der Waals surface area contributed by atoms with E-state index in [9.17, 15) is 5.11 Å². The normalized spacial score (nSPS) is 59.1. The maximum absolute atomic E-state index is 10.4. The Morgan fingerprint density at radius 2 is 2.07 bits per heavy atom. The van der Waals surface area contributed by atoms with Crippen molar-refractivity contribution in [2.45, 2.75) is 56.6 Å². The number of ether oxygens (including phenoxy) is 1. The highest BCUT2D eigenvalue weighted by Crippen LogP contribution is 2.58. The van der Waals surface area contributed by atoms with Gasteiger partial charge in [0.25, 0.3) is 0 Å². The Bertz CT molecular complexity index is 293. The molecule has 2 aliphatic heterocycles. The predicted octanol–water partition coefficient (Wildman–Crippen LogP) is 0.556. The number of rotatable bonds is 0. The molecule has 3 aliphatic rings. The minimum absolute atomic E-state index is 0.121. The van der Waals surface area contributed by atoms with Crippen molar-refractivity contribution in [2.24, 2.45) is 5.92 Å². The van der Waals surface area contributed by atoms with Gasteiger partial charge in [-0.1, -0.05) is 0 Å². The van der Waals surface area contributed by atoms with Gasteiger partial charge in [0.1, 0.15) is 6.10 Å². The summed E-state index contributed by atoms with van der Waals surface area (Å²) in [6.07, 6.45) is 1.81. The van der Waals surface area contributed by atoms with Crippen molar-refractivity contribution in [3.05, 3.63) is 0 Å². The number of aliphatic hydroxyl groups is 1. The molecule has 0 radical (unpaired) electrons. The molecule has 4 unspecified atom stereocenters. The van der Waals surface area contributed by atoms with Crippen LogP contribution in [0, 0.1) is 5.92 Å². The minimum atomic E-state index is -1.11. The van der Waals surface area contributed by atoms with Crippen LogP contribution in [0.25, 0.3) is 0 Å². The molecule has 2 saturated heterocycles. The van der Waals surface area contributed by atoms with E-state index in [2.05, 4.69) is 19.3 Å². The van der Waals surface area contributed by atoms with Crippen molar-refractivity contribution in [1.29, 1.82) is 0 Å². The third-order valence-corrected chi connectivity index (χ3v) is 4.04. The molecule has 4 atom stereocenters. The van der Waals surface area contributed by atoms with Crippen LogP contribution in [0.15, 0.2) is 0 Å². The van der Waals surface area contributed by atoms with Crippen LogP contribution >= 0.6 is 0 Å². The third-order valence-electron chi connectivity index (χ3n) is 4.04. The van der Waals surface area contributed by atoms with Crippen LogP contribution < -0.4 is 5.48 Å². The molecule has 4 heteroatoms. The zero-order valence-corrected chi connectivity index (χ0v) is 8.83. The largest absolute Gasteiger partial charge is 0.362 e. The van der Waals surface area contributed by atoms with Gasteiger partial charge in [-0.05, 0) is 33.6 Å². The Labute approximate surface area is 83.5 Å². The maximum Gasteiger partial charge on any atom is 0.219 e. The summed E-state index contributed by atoms with van der Waals surface area (Å²) in [5.41, 5.74) is 2.61. The Morgan fingerprint density at radius 3 is 2.79 bits per heavy atom. The molecule has 14 heavy (non-hydrogen) atoms. The molecule has 3 fully saturated rings. The molecule has 80 valence electrons. The first kappa shape index (κ1) is 9.09. The van der Waals surface area contributed by atoms with Crippen molar-refractivity contribution < 1.29 is 14.7 Å². The summed E-state index contributed by atoms with van der Waals surface area (Å²) in [5, 5.41) is 10.4. The molecule has 1 aliphatic carbocycles. The first-order chi connectivity index (χ1) is 6.39. The number of hydrogen-bond acceptors (Lipinski definition) is 4. The lowest BCUT2D eigenvalue weighted by Gasteiger charge is -2.35. The monoisotopic (exact) mass is 199 g/mol. The second kappa shape index (κ2) is 2.16. The summed E-state index contributed by atoms with van der Waals surface area (Å²) in [5.74, 6) is -0.994. The van der Waals surface area contributed by atoms with E-state index < -0.39 is 5.79 Å². The van der Waals surface area contributed by atoms with E-state index in [0.717, 1.165) is 12.8 Å². The second-order valence-electron chi connectivity index (χ2n) is 5.58. The lowest BCUT2D eigenvalue weighted by Crippen LogP contribution is -2.51. The fourth-order valence-corrected chi connectivity index (χ4v) is 3.05. The smallest absolute Gasteiger partial charge is 0.219 e. The highest BCUT2D eigenvalue weighted by Gasteiger charge is 2.73. The average Bonchev–Trinajstić information content (AvgIpc) is 2.70. The fraction of sp³-hybridized carbons (Fsp3) is 1.00. The van der Waals surface area contributed by atoms with E-state index in [-0.39, 0.29) is 23.2 Å². The zero-order chi connectivity index (χ0) is 10.2. The standard InChI is InChI=1S/C10H17NO3/c1-8(2)6-4-5-9(3)7(13-9)10(6,12)14-11-8/h6-7,11-12H,4-5H2,1-3H3. The Hall–Kier alpha value is -0.160. The van der Waals surface area contributed by atoms with Gasteiger partial charge in [-0.15, -0.1) is 0 Å². The van der Waals surface area contributed by atoms with Crippen LogP contribution in [0.1, 0.15) is 33.6 Å². The highest BCUT2D eigenvalue weighted by atomic mass is 16.8. The van der Waals surface area contributed by atoms with Crippen molar-refractivity contribution in [3.63, 3.8) is 0 Å². The van der Waals surface area contributed by atoms with Crippen molar-refractivity contribution in [3.8, 4) is 0 Å². The molecule has 0 spiro atoms. The fourth-order valence-electron chi connectivity index (χ4n) is 3.05. The van der Waals surface area contributed by atoms with Crippen LogP contribution in [0.4, 0.5) is 0 Å². The molecular weight excluding hydrogens is 182 g/mol. The van der Waals surface area contributed by atoms with E-state index in [1.165, 1.54) is 0 Å².